The smallest absolute Gasteiger partial charge is 0.226 e. The molecule has 2 aromatic rings. The maximum Gasteiger partial charge on any atom is 0.226 e. The van der Waals surface area contributed by atoms with E-state index in [1.807, 2.05) is 19.1 Å². The van der Waals surface area contributed by atoms with Crippen LogP contribution in [0.15, 0.2) is 22.7 Å². The van der Waals surface area contributed by atoms with Crippen molar-refractivity contribution in [2.45, 2.75) is 33.2 Å². The van der Waals surface area contributed by atoms with E-state index in [4.69, 9.17) is 10.3 Å². The van der Waals surface area contributed by atoms with Gasteiger partial charge in [-0.1, -0.05) is 30.3 Å². The van der Waals surface area contributed by atoms with E-state index >= 15 is 0 Å². The zero-order chi connectivity index (χ0) is 12.4. The molecule has 2 N–H and O–H groups in total. The Bertz CT molecular complexity index is 519. The molecule has 0 amide bonds. The lowest BCUT2D eigenvalue weighted by Gasteiger charge is -2.12. The van der Waals surface area contributed by atoms with E-state index in [0.29, 0.717) is 11.7 Å². The summed E-state index contributed by atoms with van der Waals surface area (Å²) in [5.41, 5.74) is 9.62. The Kier molecular flexibility index (Phi) is 3.24. The predicted octanol–water partition coefficient (Wildman–Crippen LogP) is 2.30. The molecule has 0 aliphatic rings. The van der Waals surface area contributed by atoms with Crippen molar-refractivity contribution in [3.8, 4) is 0 Å². The lowest BCUT2D eigenvalue weighted by molar-refractivity contribution is 0.375. The standard InChI is InChI=1S/C13H17N3O/c1-4-11-15-13(16-17-11)12(14)10-7-5-6-8(2)9(10)3/h5-7,12H,4,14H2,1-3H3. The summed E-state index contributed by atoms with van der Waals surface area (Å²) in [4.78, 5) is 4.27. The monoisotopic (exact) mass is 231 g/mol. The van der Waals surface area contributed by atoms with Crippen LogP contribution in [0.1, 0.15) is 41.4 Å². The summed E-state index contributed by atoms with van der Waals surface area (Å²) < 4.78 is 5.09. The molecule has 1 aromatic heterocycles. The van der Waals surface area contributed by atoms with Crippen molar-refractivity contribution in [2.24, 2.45) is 5.73 Å². The molecule has 1 aromatic carbocycles. The van der Waals surface area contributed by atoms with Gasteiger partial charge in [0, 0.05) is 6.42 Å². The van der Waals surface area contributed by atoms with Crippen LogP contribution in [0.2, 0.25) is 0 Å². The highest BCUT2D eigenvalue weighted by atomic mass is 16.5. The van der Waals surface area contributed by atoms with Crippen molar-refractivity contribution in [1.82, 2.24) is 10.1 Å². The minimum Gasteiger partial charge on any atom is -0.339 e. The molecule has 1 heterocycles. The molecule has 0 saturated heterocycles. The SMILES string of the molecule is CCc1nc(C(N)c2cccc(C)c2C)no1. The largest absolute Gasteiger partial charge is 0.339 e. The van der Waals surface area contributed by atoms with Gasteiger partial charge in [-0.2, -0.15) is 4.98 Å². The lowest BCUT2D eigenvalue weighted by atomic mass is 9.98. The molecule has 0 aliphatic heterocycles. The van der Waals surface area contributed by atoms with Crippen molar-refractivity contribution in [3.63, 3.8) is 0 Å². The molecule has 0 saturated carbocycles. The first-order valence-corrected chi connectivity index (χ1v) is 5.77. The Morgan fingerprint density at radius 2 is 2.12 bits per heavy atom. The van der Waals surface area contributed by atoms with Crippen LogP contribution in [-0.2, 0) is 6.42 Å². The Balaban J connectivity index is 2.36. The van der Waals surface area contributed by atoms with Crippen molar-refractivity contribution in [3.05, 3.63) is 46.6 Å². The van der Waals surface area contributed by atoms with E-state index in [9.17, 15) is 0 Å². The van der Waals surface area contributed by atoms with E-state index < -0.39 is 0 Å². The summed E-state index contributed by atoms with van der Waals surface area (Å²) in [6, 6.07) is 5.76. The summed E-state index contributed by atoms with van der Waals surface area (Å²) in [6.45, 7) is 6.10. The van der Waals surface area contributed by atoms with Crippen LogP contribution < -0.4 is 5.73 Å². The number of aromatic nitrogens is 2. The quantitative estimate of drug-likeness (QED) is 0.880. The van der Waals surface area contributed by atoms with E-state index in [-0.39, 0.29) is 6.04 Å². The summed E-state index contributed by atoms with van der Waals surface area (Å²) in [5, 5.41) is 3.92. The van der Waals surface area contributed by atoms with Crippen LogP contribution in [0.4, 0.5) is 0 Å². The predicted molar refractivity (Wildman–Crippen MR) is 65.6 cm³/mol. The number of aryl methyl sites for hydroxylation is 2. The molecule has 2 rings (SSSR count). The van der Waals surface area contributed by atoms with E-state index in [0.717, 1.165) is 12.0 Å². The van der Waals surface area contributed by atoms with Crippen LogP contribution in [-0.4, -0.2) is 10.1 Å². The average Bonchev–Trinajstić information content (AvgIpc) is 2.80. The fourth-order valence-electron chi connectivity index (χ4n) is 1.79. The second-order valence-corrected chi connectivity index (χ2v) is 4.17. The molecule has 0 radical (unpaired) electrons. The Morgan fingerprint density at radius 1 is 1.35 bits per heavy atom. The minimum atomic E-state index is -0.320. The molecule has 1 atom stereocenters. The van der Waals surface area contributed by atoms with E-state index in [2.05, 4.69) is 30.1 Å². The highest BCUT2D eigenvalue weighted by Crippen LogP contribution is 2.22. The fourth-order valence-corrected chi connectivity index (χ4v) is 1.79. The van der Waals surface area contributed by atoms with Crippen molar-refractivity contribution in [1.29, 1.82) is 0 Å². The number of hydrogen-bond donors (Lipinski definition) is 1. The van der Waals surface area contributed by atoms with Gasteiger partial charge in [0.15, 0.2) is 5.82 Å². The van der Waals surface area contributed by atoms with Gasteiger partial charge in [-0.05, 0) is 30.5 Å². The highest BCUT2D eigenvalue weighted by molar-refractivity contribution is 5.37. The second kappa shape index (κ2) is 4.67. The van der Waals surface area contributed by atoms with Crippen LogP contribution in [0.3, 0.4) is 0 Å². The van der Waals surface area contributed by atoms with Gasteiger partial charge in [0.1, 0.15) is 0 Å². The van der Waals surface area contributed by atoms with Crippen molar-refractivity contribution >= 4 is 0 Å². The normalized spacial score (nSPS) is 12.7. The third kappa shape index (κ3) is 2.22. The van der Waals surface area contributed by atoms with Gasteiger partial charge in [0.25, 0.3) is 0 Å². The first-order valence-electron chi connectivity index (χ1n) is 5.77. The zero-order valence-electron chi connectivity index (χ0n) is 10.4. The van der Waals surface area contributed by atoms with Crippen LogP contribution in [0.5, 0.6) is 0 Å². The number of benzene rings is 1. The third-order valence-electron chi connectivity index (χ3n) is 3.05. The summed E-state index contributed by atoms with van der Waals surface area (Å²) in [6.07, 6.45) is 0.729. The van der Waals surface area contributed by atoms with Crippen LogP contribution in [0.25, 0.3) is 0 Å². The minimum absolute atomic E-state index is 0.320. The first-order chi connectivity index (χ1) is 8.13. The number of nitrogens with two attached hydrogens (primary N) is 1. The molecule has 0 fully saturated rings. The van der Waals surface area contributed by atoms with Gasteiger partial charge in [-0.15, -0.1) is 0 Å². The molecule has 4 heteroatoms. The second-order valence-electron chi connectivity index (χ2n) is 4.17. The molecule has 4 nitrogen and oxygen atoms in total. The Hall–Kier alpha value is -1.68. The van der Waals surface area contributed by atoms with Gasteiger partial charge in [-0.3, -0.25) is 0 Å². The Morgan fingerprint density at radius 3 is 2.76 bits per heavy atom. The topological polar surface area (TPSA) is 64.9 Å². The number of nitrogens with zero attached hydrogens (tertiary/aromatic N) is 2. The molecule has 0 bridgehead atoms. The molecule has 17 heavy (non-hydrogen) atoms. The van der Waals surface area contributed by atoms with Crippen molar-refractivity contribution in [2.75, 3.05) is 0 Å². The Labute approximate surface area is 101 Å². The fraction of sp³-hybridized carbons (Fsp3) is 0.385. The van der Waals surface area contributed by atoms with Crippen LogP contribution >= 0.6 is 0 Å². The molecular weight excluding hydrogens is 214 g/mol. The molecular formula is C13H17N3O. The highest BCUT2D eigenvalue weighted by Gasteiger charge is 2.17. The van der Waals surface area contributed by atoms with Gasteiger partial charge in [-0.25, -0.2) is 0 Å². The van der Waals surface area contributed by atoms with E-state index in [1.165, 1.54) is 11.1 Å². The first kappa shape index (κ1) is 11.8. The number of hydrogen-bond acceptors (Lipinski definition) is 4. The average molecular weight is 231 g/mol. The van der Waals surface area contributed by atoms with E-state index in [1.54, 1.807) is 0 Å². The van der Waals surface area contributed by atoms with Gasteiger partial charge in [0.2, 0.25) is 5.89 Å². The van der Waals surface area contributed by atoms with Crippen LogP contribution in [0, 0.1) is 13.8 Å². The van der Waals surface area contributed by atoms with Gasteiger partial charge in [0.05, 0.1) is 6.04 Å². The van der Waals surface area contributed by atoms with Gasteiger partial charge >= 0.3 is 0 Å². The van der Waals surface area contributed by atoms with Crippen molar-refractivity contribution < 1.29 is 4.52 Å². The number of rotatable bonds is 3. The molecule has 90 valence electrons. The summed E-state index contributed by atoms with van der Waals surface area (Å²) in [7, 11) is 0. The summed E-state index contributed by atoms with van der Waals surface area (Å²) >= 11 is 0. The third-order valence-corrected chi connectivity index (χ3v) is 3.05. The molecule has 0 spiro atoms. The maximum absolute atomic E-state index is 6.17. The molecule has 0 aliphatic carbocycles. The molecule has 1 unspecified atom stereocenters. The maximum atomic E-state index is 6.17. The zero-order valence-corrected chi connectivity index (χ0v) is 10.4. The van der Waals surface area contributed by atoms with Gasteiger partial charge < -0.3 is 10.3 Å². The lowest BCUT2D eigenvalue weighted by Crippen LogP contribution is -2.15. The summed E-state index contributed by atoms with van der Waals surface area (Å²) in [5.74, 6) is 1.18.